The van der Waals surface area contributed by atoms with Gasteiger partial charge in [-0.15, -0.1) is 6.58 Å². The van der Waals surface area contributed by atoms with E-state index >= 15 is 0 Å². The minimum absolute atomic E-state index is 0.0180. The number of cyclic esters (lactones) is 1. The number of piperidine rings is 1. The second-order valence-electron chi connectivity index (χ2n) is 17.5. The number of ether oxygens (including phenoxy) is 4. The number of aliphatic hydroxyl groups excluding tert-OH is 2. The smallest absolute Gasteiger partial charge is 0.329 e. The predicted octanol–water partition coefficient (Wildman–Crippen LogP) is 5.26. The Balaban J connectivity index is 1.78. The van der Waals surface area contributed by atoms with Crippen LogP contribution < -0.4 is 0 Å². The number of hydrogen-bond donors (Lipinski definition) is 3. The predicted molar refractivity (Wildman–Crippen MR) is 211 cm³/mol. The van der Waals surface area contributed by atoms with Crippen LogP contribution in [0.5, 0.6) is 0 Å². The fraction of sp³-hybridized carbons (Fsp3) is 0.773. The molecule has 0 spiro atoms. The summed E-state index contributed by atoms with van der Waals surface area (Å²) in [5.74, 6) is -7.42. The molecule has 7 unspecified atom stereocenters. The van der Waals surface area contributed by atoms with Gasteiger partial charge in [-0.05, 0) is 101 Å². The van der Waals surface area contributed by atoms with Gasteiger partial charge in [0.05, 0.1) is 24.4 Å². The normalized spacial score (nSPS) is 41.5. The zero-order valence-corrected chi connectivity index (χ0v) is 35.0. The lowest BCUT2D eigenvalue weighted by atomic mass is 9.78. The molecule has 12 nitrogen and oxygen atoms in total. The Kier molecular flexibility index (Phi) is 16.7. The first-order valence-electron chi connectivity index (χ1n) is 20.8. The summed E-state index contributed by atoms with van der Waals surface area (Å²) < 4.78 is 24.2. The van der Waals surface area contributed by atoms with Crippen molar-refractivity contribution in [1.29, 1.82) is 0 Å². The molecule has 0 aromatic rings. The lowest BCUT2D eigenvalue weighted by molar-refractivity contribution is -0.302. The van der Waals surface area contributed by atoms with Gasteiger partial charge in [0.1, 0.15) is 24.0 Å². The van der Waals surface area contributed by atoms with Gasteiger partial charge in [-0.25, -0.2) is 4.79 Å². The van der Waals surface area contributed by atoms with Gasteiger partial charge in [0.25, 0.3) is 11.7 Å². The van der Waals surface area contributed by atoms with Gasteiger partial charge in [-0.2, -0.15) is 0 Å². The van der Waals surface area contributed by atoms with Crippen LogP contribution in [0.25, 0.3) is 0 Å². The Bertz CT molecular complexity index is 1460. The molecule has 1 saturated carbocycles. The first-order chi connectivity index (χ1) is 26.4. The molecule has 316 valence electrons. The average Bonchev–Trinajstić information content (AvgIpc) is 3.16. The number of hydrogen-bond acceptors (Lipinski definition) is 11. The minimum atomic E-state index is -2.50. The number of aliphatic hydroxyl groups is 3. The summed E-state index contributed by atoms with van der Waals surface area (Å²) in [5.41, 5.74) is 1.67. The topological polar surface area (TPSA) is 169 Å². The Hall–Kier alpha value is -2.74. The van der Waals surface area contributed by atoms with Crippen LogP contribution in [0, 0.1) is 35.5 Å². The summed E-state index contributed by atoms with van der Waals surface area (Å²) in [6, 6.07) is -1.12. The SMILES string of the molecule is C=CC[C@@H]1/C=C(\C)C[C@H](C)C[C@H](OC)[C@H]2OC(O)(C(=O)C(=O)N3CCCCC3C(=O)O[C@H](/C(C)=C/C3CCC(O)C(C)C3)[C@H](C)C(O)CC1=O)C(C)C[C@@H]2OC. The second kappa shape index (κ2) is 20.3. The first-order valence-corrected chi connectivity index (χ1v) is 20.8. The molecule has 0 aromatic carbocycles. The zero-order valence-electron chi connectivity index (χ0n) is 35.0. The lowest BCUT2D eigenvalue weighted by Gasteiger charge is -2.47. The van der Waals surface area contributed by atoms with Crippen LogP contribution in [0.1, 0.15) is 112 Å². The lowest BCUT2D eigenvalue weighted by Crippen LogP contribution is -2.64. The molecule has 2 bridgehead atoms. The van der Waals surface area contributed by atoms with Crippen molar-refractivity contribution in [2.75, 3.05) is 20.8 Å². The maximum absolute atomic E-state index is 14.3. The Morgan fingerprint density at radius 1 is 0.964 bits per heavy atom. The van der Waals surface area contributed by atoms with E-state index in [0.717, 1.165) is 18.4 Å². The van der Waals surface area contributed by atoms with Gasteiger partial charge in [0.2, 0.25) is 5.79 Å². The zero-order chi connectivity index (χ0) is 41.5. The van der Waals surface area contributed by atoms with Gasteiger partial charge in [0.15, 0.2) is 0 Å². The molecule has 0 radical (unpaired) electrons. The van der Waals surface area contributed by atoms with Gasteiger partial charge >= 0.3 is 5.97 Å². The average molecular weight is 788 g/mol. The summed E-state index contributed by atoms with van der Waals surface area (Å²) >= 11 is 0. The van der Waals surface area contributed by atoms with E-state index in [4.69, 9.17) is 18.9 Å². The van der Waals surface area contributed by atoms with E-state index in [2.05, 4.69) is 6.58 Å². The van der Waals surface area contributed by atoms with Crippen LogP contribution >= 0.6 is 0 Å². The number of Topliss-reactive ketones (excluding diaryl/α,β-unsaturated/α-hetero) is 2. The van der Waals surface area contributed by atoms with E-state index in [1.165, 1.54) is 19.1 Å². The number of ketones is 2. The van der Waals surface area contributed by atoms with Crippen LogP contribution in [0.3, 0.4) is 0 Å². The molecule has 3 heterocycles. The Morgan fingerprint density at radius 3 is 2.29 bits per heavy atom. The molecular weight excluding hydrogens is 718 g/mol. The van der Waals surface area contributed by atoms with Crippen LogP contribution in [0.2, 0.25) is 0 Å². The third kappa shape index (κ3) is 10.8. The fourth-order valence-corrected chi connectivity index (χ4v) is 9.45. The van der Waals surface area contributed by atoms with Crippen molar-refractivity contribution in [2.24, 2.45) is 35.5 Å². The largest absolute Gasteiger partial charge is 0.456 e. The van der Waals surface area contributed by atoms with Crippen molar-refractivity contribution in [3.05, 3.63) is 36.0 Å². The second-order valence-corrected chi connectivity index (χ2v) is 17.5. The summed E-state index contributed by atoms with van der Waals surface area (Å²) in [7, 11) is 3.06. The maximum atomic E-state index is 14.3. The molecule has 14 atom stereocenters. The molecule has 3 fully saturated rings. The highest BCUT2D eigenvalue weighted by Gasteiger charge is 2.56. The molecule has 2 saturated heterocycles. The van der Waals surface area contributed by atoms with Gasteiger partial charge in [-0.1, -0.05) is 51.5 Å². The Labute approximate surface area is 334 Å². The van der Waals surface area contributed by atoms with Crippen LogP contribution in [0.4, 0.5) is 0 Å². The highest BCUT2D eigenvalue weighted by Crippen LogP contribution is 2.39. The van der Waals surface area contributed by atoms with Crippen molar-refractivity contribution in [3.8, 4) is 0 Å². The number of fused-ring (bicyclic) bond motifs is 3. The van der Waals surface area contributed by atoms with Crippen LogP contribution in [-0.4, -0.2) is 113 Å². The number of rotatable bonds is 6. The molecule has 4 aliphatic rings. The molecule has 1 aliphatic carbocycles. The van der Waals surface area contributed by atoms with E-state index in [1.54, 1.807) is 19.9 Å². The molecule has 4 rings (SSSR count). The molecular formula is C44H69NO11. The maximum Gasteiger partial charge on any atom is 0.329 e. The standard InChI is InChI=1S/C44H69NO11/c1-10-13-32-19-25(2)18-26(3)20-37(53-8)40-38(54-9)23-29(6)44(52,56-40)41(49)42(50)45-17-12-11-14-33(45)43(51)55-39(30(7)35(47)24-36(32)48)28(5)22-31-15-16-34(46)27(4)21-31/h10,19,22,26-27,29-35,37-40,46-47,52H,1,11-18,20-21,23-24H2,2-9H3/b25-19+,28-22+/t26-,27?,29?,30+,31?,32+,33?,34?,35?,37-,38-,39+,40+,44?/m0/s1. The highest BCUT2D eigenvalue weighted by atomic mass is 16.7. The van der Waals surface area contributed by atoms with E-state index < -0.39 is 77.8 Å². The number of esters is 1. The van der Waals surface area contributed by atoms with Gasteiger partial charge < -0.3 is 39.2 Å². The molecule has 3 N–H and O–H groups in total. The van der Waals surface area contributed by atoms with Gasteiger partial charge in [-0.3, -0.25) is 14.4 Å². The number of amides is 1. The monoisotopic (exact) mass is 787 g/mol. The van der Waals surface area contributed by atoms with E-state index in [0.29, 0.717) is 44.1 Å². The minimum Gasteiger partial charge on any atom is -0.456 e. The summed E-state index contributed by atoms with van der Waals surface area (Å²) in [5, 5.41) is 34.1. The van der Waals surface area contributed by atoms with E-state index in [-0.39, 0.29) is 55.4 Å². The molecule has 12 heteroatoms. The van der Waals surface area contributed by atoms with Crippen molar-refractivity contribution >= 4 is 23.4 Å². The third-order valence-electron chi connectivity index (χ3n) is 12.9. The Morgan fingerprint density at radius 2 is 1.64 bits per heavy atom. The summed E-state index contributed by atoms with van der Waals surface area (Å²) in [6.45, 7) is 15.2. The number of carbonyl (C=O) groups is 4. The summed E-state index contributed by atoms with van der Waals surface area (Å²) in [6.07, 6.45) is 6.14. The molecule has 56 heavy (non-hydrogen) atoms. The molecule has 0 aromatic heterocycles. The third-order valence-corrected chi connectivity index (χ3v) is 12.9. The first kappa shape index (κ1) is 46.0. The fourth-order valence-electron chi connectivity index (χ4n) is 9.45. The van der Waals surface area contributed by atoms with Crippen molar-refractivity contribution in [3.63, 3.8) is 0 Å². The molecule has 3 aliphatic heterocycles. The van der Waals surface area contributed by atoms with E-state index in [1.807, 2.05) is 39.8 Å². The van der Waals surface area contributed by atoms with Gasteiger partial charge in [0, 0.05) is 44.9 Å². The quantitative estimate of drug-likeness (QED) is 0.183. The van der Waals surface area contributed by atoms with Crippen molar-refractivity contribution in [2.45, 2.75) is 161 Å². The number of carbonyl (C=O) groups excluding carboxylic acids is 4. The number of allylic oxidation sites excluding steroid dienone is 4. The molecule has 1 amide bonds. The highest BCUT2D eigenvalue weighted by molar-refractivity contribution is 6.39. The summed E-state index contributed by atoms with van der Waals surface area (Å²) in [4.78, 5) is 57.8. The van der Waals surface area contributed by atoms with Crippen molar-refractivity contribution < 1.29 is 53.4 Å². The van der Waals surface area contributed by atoms with Crippen LogP contribution in [-0.2, 0) is 38.1 Å². The van der Waals surface area contributed by atoms with Crippen molar-refractivity contribution in [1.82, 2.24) is 4.90 Å². The number of methoxy groups -OCH3 is 2. The van der Waals surface area contributed by atoms with E-state index in [9.17, 15) is 34.5 Å². The van der Waals surface area contributed by atoms with Crippen LogP contribution in [0.15, 0.2) is 36.0 Å². The number of nitrogens with zero attached hydrogens (tertiary/aromatic N) is 1.